The molecule has 8 nitrogen and oxygen atoms in total. The molecule has 28 heavy (non-hydrogen) atoms. The van der Waals surface area contributed by atoms with Gasteiger partial charge in [0.2, 0.25) is 5.91 Å². The number of pyridine rings is 1. The Morgan fingerprint density at radius 1 is 1.18 bits per heavy atom. The van der Waals surface area contributed by atoms with Crippen LogP contribution in [0.3, 0.4) is 0 Å². The first-order valence-corrected chi connectivity index (χ1v) is 8.93. The molecule has 156 valence electrons. The van der Waals surface area contributed by atoms with Crippen LogP contribution in [0.1, 0.15) is 38.5 Å². The number of rotatable bonds is 4. The number of nitrogens with two attached hydrogens (primary N) is 1. The Balaban J connectivity index is 0.00000196. The molecule has 2 aromatic rings. The summed E-state index contributed by atoms with van der Waals surface area (Å²) in [5.74, 6) is -0.125. The second-order valence-electron chi connectivity index (χ2n) is 7.29. The van der Waals surface area contributed by atoms with Crippen molar-refractivity contribution < 1.29 is 4.79 Å². The lowest BCUT2D eigenvalue weighted by atomic mass is 9.71. The van der Waals surface area contributed by atoms with Crippen molar-refractivity contribution in [3.8, 4) is 0 Å². The highest BCUT2D eigenvalue weighted by molar-refractivity contribution is 5.93. The van der Waals surface area contributed by atoms with Crippen molar-refractivity contribution in [2.75, 3.05) is 11.9 Å². The number of nitrogens with one attached hydrogen (secondary N) is 1. The van der Waals surface area contributed by atoms with E-state index in [9.17, 15) is 14.4 Å². The van der Waals surface area contributed by atoms with Crippen LogP contribution in [0.2, 0.25) is 0 Å². The first-order chi connectivity index (χ1) is 12.4. The number of nitrogens with zero attached hydrogens (tertiary/aromatic N) is 3. The molecule has 0 atom stereocenters. The van der Waals surface area contributed by atoms with Crippen LogP contribution < -0.4 is 22.3 Å². The number of hydrogen-bond donors (Lipinski definition) is 2. The molecule has 0 aliphatic heterocycles. The normalized spacial score (nSPS) is 15.4. The predicted molar refractivity (Wildman–Crippen MR) is 115 cm³/mol. The molecule has 1 fully saturated rings. The number of amides is 1. The van der Waals surface area contributed by atoms with Gasteiger partial charge in [-0.05, 0) is 30.9 Å². The van der Waals surface area contributed by atoms with Gasteiger partial charge in [-0.15, -0.1) is 24.8 Å². The van der Waals surface area contributed by atoms with E-state index in [0.717, 1.165) is 30.3 Å². The average Bonchev–Trinajstić information content (AvgIpc) is 2.65. The zero-order valence-electron chi connectivity index (χ0n) is 16.1. The summed E-state index contributed by atoms with van der Waals surface area (Å²) in [4.78, 5) is 41.0. The summed E-state index contributed by atoms with van der Waals surface area (Å²) in [5.41, 5.74) is 5.69. The molecule has 10 heteroatoms. The van der Waals surface area contributed by atoms with Crippen LogP contribution in [-0.4, -0.2) is 26.6 Å². The second-order valence-corrected chi connectivity index (χ2v) is 7.29. The highest BCUT2D eigenvalue weighted by Gasteiger charge is 2.33. The first kappa shape index (κ1) is 24.1. The minimum absolute atomic E-state index is 0. The predicted octanol–water partition coefficient (Wildman–Crippen LogP) is 1.71. The van der Waals surface area contributed by atoms with Gasteiger partial charge in [0.25, 0.3) is 5.56 Å². The average molecular weight is 432 g/mol. The van der Waals surface area contributed by atoms with E-state index in [-0.39, 0.29) is 36.1 Å². The van der Waals surface area contributed by atoms with Gasteiger partial charge in [-0.25, -0.2) is 9.78 Å². The van der Waals surface area contributed by atoms with Gasteiger partial charge in [-0.3, -0.25) is 18.7 Å². The number of carbonyl (C=O) groups excluding carboxylic acids is 1. The second kappa shape index (κ2) is 9.54. The van der Waals surface area contributed by atoms with Crippen LogP contribution in [0.4, 0.5) is 5.69 Å². The number of aryl methyl sites for hydroxylation is 1. The van der Waals surface area contributed by atoms with Crippen LogP contribution in [0.25, 0.3) is 11.0 Å². The zero-order valence-corrected chi connectivity index (χ0v) is 17.7. The van der Waals surface area contributed by atoms with Crippen molar-refractivity contribution >= 4 is 47.4 Å². The Morgan fingerprint density at radius 2 is 1.82 bits per heavy atom. The molecular weight excluding hydrogens is 405 g/mol. The van der Waals surface area contributed by atoms with E-state index in [1.54, 1.807) is 13.1 Å². The molecule has 0 aromatic carbocycles. The van der Waals surface area contributed by atoms with Crippen molar-refractivity contribution in [1.82, 2.24) is 14.1 Å². The Hall–Kier alpha value is -1.90. The maximum absolute atomic E-state index is 12.5. The highest BCUT2D eigenvalue weighted by Crippen LogP contribution is 2.38. The summed E-state index contributed by atoms with van der Waals surface area (Å²) in [7, 11) is 2.98. The molecule has 0 saturated heterocycles. The van der Waals surface area contributed by atoms with E-state index < -0.39 is 11.2 Å². The molecule has 1 aliphatic carbocycles. The van der Waals surface area contributed by atoms with Crippen LogP contribution in [0.15, 0.2) is 21.9 Å². The van der Waals surface area contributed by atoms with Gasteiger partial charge in [0.1, 0.15) is 5.65 Å². The molecule has 1 amide bonds. The minimum Gasteiger partial charge on any atom is -0.330 e. The van der Waals surface area contributed by atoms with E-state index in [4.69, 9.17) is 5.73 Å². The molecule has 0 unspecified atom stereocenters. The van der Waals surface area contributed by atoms with Crippen molar-refractivity contribution in [2.45, 2.75) is 38.5 Å². The number of halogens is 2. The Morgan fingerprint density at radius 3 is 2.43 bits per heavy atom. The van der Waals surface area contributed by atoms with E-state index in [2.05, 4.69) is 10.3 Å². The van der Waals surface area contributed by atoms with Gasteiger partial charge >= 0.3 is 5.69 Å². The molecule has 0 radical (unpaired) electrons. The topological polar surface area (TPSA) is 112 Å². The van der Waals surface area contributed by atoms with Crippen LogP contribution in [0, 0.1) is 5.41 Å². The summed E-state index contributed by atoms with van der Waals surface area (Å²) >= 11 is 0. The third kappa shape index (κ3) is 4.56. The smallest absolute Gasteiger partial charge is 0.330 e. The molecule has 1 saturated carbocycles. The van der Waals surface area contributed by atoms with Crippen LogP contribution in [-0.2, 0) is 18.9 Å². The maximum Gasteiger partial charge on any atom is 0.332 e. The van der Waals surface area contributed by atoms with Gasteiger partial charge < -0.3 is 11.1 Å². The van der Waals surface area contributed by atoms with E-state index >= 15 is 0 Å². The maximum atomic E-state index is 12.5. The third-order valence-corrected chi connectivity index (χ3v) is 5.46. The SMILES string of the molecule is Cl.Cl.Cn1c(=O)c2cc(NC(=O)CC3(CN)CCCCC3)cnc2n(C)c1=O. The van der Waals surface area contributed by atoms with Crippen molar-refractivity contribution in [3.05, 3.63) is 33.1 Å². The fourth-order valence-corrected chi connectivity index (χ4v) is 3.83. The largest absolute Gasteiger partial charge is 0.332 e. The Bertz CT molecular complexity index is 964. The highest BCUT2D eigenvalue weighted by atomic mass is 35.5. The lowest BCUT2D eigenvalue weighted by Gasteiger charge is -2.35. The Kier molecular flexibility index (Phi) is 8.22. The molecule has 0 spiro atoms. The molecule has 1 aliphatic rings. The standard InChI is InChI=1S/C18H25N5O3.2ClH/c1-22-15-13(16(25)23(2)17(22)26)8-12(10-20-15)21-14(24)9-18(11-19)6-4-3-5-7-18;;/h8,10H,3-7,9,11,19H2,1-2H3,(H,21,24);2*1H. The van der Waals surface area contributed by atoms with Crippen molar-refractivity contribution in [2.24, 2.45) is 25.2 Å². The lowest BCUT2D eigenvalue weighted by Crippen LogP contribution is -2.37. The van der Waals surface area contributed by atoms with Crippen LogP contribution in [0.5, 0.6) is 0 Å². The quantitative estimate of drug-likeness (QED) is 0.764. The number of fused-ring (bicyclic) bond motifs is 1. The summed E-state index contributed by atoms with van der Waals surface area (Å²) in [5, 5.41) is 3.12. The summed E-state index contributed by atoms with van der Waals surface area (Å²) in [6, 6.07) is 1.57. The first-order valence-electron chi connectivity index (χ1n) is 8.93. The van der Waals surface area contributed by atoms with Gasteiger partial charge in [0.05, 0.1) is 17.3 Å². The zero-order chi connectivity index (χ0) is 18.9. The molecule has 2 aromatic heterocycles. The van der Waals surface area contributed by atoms with E-state index in [1.807, 2.05) is 0 Å². The van der Waals surface area contributed by atoms with Crippen molar-refractivity contribution in [3.63, 3.8) is 0 Å². The van der Waals surface area contributed by atoms with E-state index in [0.29, 0.717) is 29.7 Å². The van der Waals surface area contributed by atoms with E-state index in [1.165, 1.54) is 24.2 Å². The summed E-state index contributed by atoms with van der Waals surface area (Å²) in [6.07, 6.45) is 7.17. The fourth-order valence-electron chi connectivity index (χ4n) is 3.83. The molecule has 2 heterocycles. The minimum atomic E-state index is -0.436. The van der Waals surface area contributed by atoms with Crippen molar-refractivity contribution in [1.29, 1.82) is 0 Å². The van der Waals surface area contributed by atoms with Gasteiger partial charge in [-0.2, -0.15) is 0 Å². The number of carbonyl (C=O) groups is 1. The third-order valence-electron chi connectivity index (χ3n) is 5.46. The molecular formula is C18H27Cl2N5O3. The van der Waals surface area contributed by atoms with Gasteiger partial charge in [0, 0.05) is 20.5 Å². The number of hydrogen-bond acceptors (Lipinski definition) is 5. The molecule has 0 bridgehead atoms. The monoisotopic (exact) mass is 431 g/mol. The van der Waals surface area contributed by atoms with Crippen LogP contribution >= 0.6 is 24.8 Å². The lowest BCUT2D eigenvalue weighted by molar-refractivity contribution is -0.118. The summed E-state index contributed by atoms with van der Waals surface area (Å²) in [6.45, 7) is 0.499. The van der Waals surface area contributed by atoms with Gasteiger partial charge in [0.15, 0.2) is 0 Å². The number of anilines is 1. The Labute approximate surface area is 175 Å². The van der Waals surface area contributed by atoms with Gasteiger partial charge in [-0.1, -0.05) is 19.3 Å². The molecule has 3 rings (SSSR count). The molecule has 3 N–H and O–H groups in total. The number of aromatic nitrogens is 3. The summed E-state index contributed by atoms with van der Waals surface area (Å²) < 4.78 is 2.34. The fraction of sp³-hybridized carbons (Fsp3) is 0.556.